The highest BCUT2D eigenvalue weighted by atomic mass is 16.5. The van der Waals surface area contributed by atoms with E-state index in [1.807, 2.05) is 0 Å². The van der Waals surface area contributed by atoms with Crippen LogP contribution >= 0.6 is 0 Å². The number of nitrogens with one attached hydrogen (secondary N) is 2. The van der Waals surface area contributed by atoms with E-state index < -0.39 is 0 Å². The molecule has 136 valence electrons. The van der Waals surface area contributed by atoms with Gasteiger partial charge in [0.05, 0.1) is 0 Å². The molecule has 1 aromatic rings. The van der Waals surface area contributed by atoms with Gasteiger partial charge in [0.2, 0.25) is 5.91 Å². The molecule has 3 aliphatic rings. The number of hydrogen-bond acceptors (Lipinski definition) is 3. The average molecular weight is 342 g/mol. The topological polar surface area (TPSA) is 50.4 Å². The maximum atomic E-state index is 12.6. The summed E-state index contributed by atoms with van der Waals surface area (Å²) in [6.07, 6.45) is 7.57. The lowest BCUT2D eigenvalue weighted by molar-refractivity contribution is -0.122. The van der Waals surface area contributed by atoms with Crippen LogP contribution in [0.5, 0.6) is 0 Å². The monoisotopic (exact) mass is 342 g/mol. The zero-order valence-corrected chi connectivity index (χ0v) is 15.0. The lowest BCUT2D eigenvalue weighted by atomic mass is 9.74. The maximum Gasteiger partial charge on any atom is 0.220 e. The van der Waals surface area contributed by atoms with E-state index in [1.165, 1.54) is 31.2 Å². The van der Waals surface area contributed by atoms with Gasteiger partial charge in [0, 0.05) is 43.7 Å². The second-order valence-corrected chi connectivity index (χ2v) is 8.21. The first-order valence-corrected chi connectivity index (χ1v) is 9.90. The summed E-state index contributed by atoms with van der Waals surface area (Å²) in [6.45, 7) is 2.29. The van der Waals surface area contributed by atoms with E-state index in [9.17, 15) is 4.79 Å². The molecule has 2 N–H and O–H groups in total. The summed E-state index contributed by atoms with van der Waals surface area (Å²) >= 11 is 0. The summed E-state index contributed by atoms with van der Waals surface area (Å²) in [6, 6.07) is 12.0. The summed E-state index contributed by atoms with van der Waals surface area (Å²) in [7, 11) is 0. The van der Waals surface area contributed by atoms with Crippen molar-refractivity contribution in [3.8, 4) is 0 Å². The van der Waals surface area contributed by atoms with Crippen LogP contribution in [-0.2, 0) is 14.9 Å². The molecule has 4 heteroatoms. The molecule has 4 rings (SSSR count). The van der Waals surface area contributed by atoms with Crippen LogP contribution < -0.4 is 10.6 Å². The molecule has 0 aliphatic carbocycles. The fourth-order valence-corrected chi connectivity index (χ4v) is 5.07. The van der Waals surface area contributed by atoms with Crippen LogP contribution in [0.15, 0.2) is 30.3 Å². The highest BCUT2D eigenvalue weighted by Gasteiger charge is 2.36. The quantitative estimate of drug-likeness (QED) is 0.865. The predicted octanol–water partition coefficient (Wildman–Crippen LogP) is 2.77. The summed E-state index contributed by atoms with van der Waals surface area (Å²) in [5, 5.41) is 6.93. The van der Waals surface area contributed by atoms with Crippen molar-refractivity contribution in [1.82, 2.24) is 10.6 Å². The Bertz CT molecular complexity index is 571. The molecule has 3 saturated heterocycles. The number of carbonyl (C=O) groups is 1. The van der Waals surface area contributed by atoms with Crippen molar-refractivity contribution >= 4 is 5.91 Å². The van der Waals surface area contributed by atoms with E-state index in [4.69, 9.17) is 4.74 Å². The first-order valence-electron chi connectivity index (χ1n) is 9.90. The van der Waals surface area contributed by atoms with Crippen molar-refractivity contribution in [3.63, 3.8) is 0 Å². The number of fused-ring (bicyclic) bond motifs is 2. The Balaban J connectivity index is 1.35. The minimum atomic E-state index is 0.0301. The minimum absolute atomic E-state index is 0.0301. The standard InChI is InChI=1S/C21H30N2O2/c24-20(14-16-12-18-6-7-19(13-16)23-18)22-15-21(8-10-25-11-9-21)17-4-2-1-3-5-17/h1-5,16,18-19,23H,6-15H2,(H,22,24). The Morgan fingerprint density at radius 1 is 1.12 bits per heavy atom. The smallest absolute Gasteiger partial charge is 0.220 e. The van der Waals surface area contributed by atoms with E-state index in [2.05, 4.69) is 41.0 Å². The van der Waals surface area contributed by atoms with Gasteiger partial charge < -0.3 is 15.4 Å². The van der Waals surface area contributed by atoms with Gasteiger partial charge in [-0.15, -0.1) is 0 Å². The van der Waals surface area contributed by atoms with Crippen LogP contribution in [0.2, 0.25) is 0 Å². The van der Waals surface area contributed by atoms with Gasteiger partial charge in [-0.3, -0.25) is 4.79 Å². The third-order valence-corrected chi connectivity index (χ3v) is 6.50. The summed E-state index contributed by atoms with van der Waals surface area (Å²) in [5.41, 5.74) is 1.36. The van der Waals surface area contributed by atoms with Crippen LogP contribution in [0.4, 0.5) is 0 Å². The molecule has 0 aromatic heterocycles. The number of hydrogen-bond donors (Lipinski definition) is 2. The number of piperidine rings is 1. The van der Waals surface area contributed by atoms with Crippen LogP contribution in [0, 0.1) is 5.92 Å². The Labute approximate surface area is 150 Å². The van der Waals surface area contributed by atoms with E-state index >= 15 is 0 Å². The van der Waals surface area contributed by atoms with Gasteiger partial charge in [-0.05, 0) is 50.0 Å². The number of rotatable bonds is 5. The average Bonchev–Trinajstić information content (AvgIpc) is 3.00. The minimum Gasteiger partial charge on any atom is -0.381 e. The zero-order chi connectivity index (χ0) is 17.1. The second kappa shape index (κ2) is 7.46. The fraction of sp³-hybridized carbons (Fsp3) is 0.667. The van der Waals surface area contributed by atoms with Crippen LogP contribution in [0.25, 0.3) is 0 Å². The molecule has 25 heavy (non-hydrogen) atoms. The van der Waals surface area contributed by atoms with E-state index in [0.717, 1.165) is 32.6 Å². The molecule has 1 amide bonds. The van der Waals surface area contributed by atoms with Crippen molar-refractivity contribution in [2.45, 2.75) is 62.4 Å². The Morgan fingerprint density at radius 2 is 1.80 bits per heavy atom. The molecule has 3 aliphatic heterocycles. The van der Waals surface area contributed by atoms with E-state index in [0.29, 0.717) is 24.4 Å². The fourth-order valence-electron chi connectivity index (χ4n) is 5.07. The maximum absolute atomic E-state index is 12.6. The van der Waals surface area contributed by atoms with Crippen LogP contribution in [0.1, 0.15) is 50.5 Å². The van der Waals surface area contributed by atoms with Crippen molar-refractivity contribution < 1.29 is 9.53 Å². The first kappa shape index (κ1) is 17.0. The number of amides is 1. The molecule has 3 fully saturated rings. The number of benzene rings is 1. The number of carbonyl (C=O) groups excluding carboxylic acids is 1. The molecular weight excluding hydrogens is 312 g/mol. The Morgan fingerprint density at radius 3 is 2.48 bits per heavy atom. The second-order valence-electron chi connectivity index (χ2n) is 8.21. The predicted molar refractivity (Wildman–Crippen MR) is 98.5 cm³/mol. The lowest BCUT2D eigenvalue weighted by Crippen LogP contribution is -2.45. The third kappa shape index (κ3) is 3.90. The third-order valence-electron chi connectivity index (χ3n) is 6.50. The van der Waals surface area contributed by atoms with Crippen molar-refractivity contribution in [1.29, 1.82) is 0 Å². The highest BCUT2D eigenvalue weighted by Crippen LogP contribution is 2.35. The molecule has 0 radical (unpaired) electrons. The van der Waals surface area contributed by atoms with Crippen molar-refractivity contribution in [3.05, 3.63) is 35.9 Å². The molecule has 4 nitrogen and oxygen atoms in total. The lowest BCUT2D eigenvalue weighted by Gasteiger charge is -2.38. The normalized spacial score (nSPS) is 30.8. The van der Waals surface area contributed by atoms with Crippen LogP contribution in [-0.4, -0.2) is 37.7 Å². The largest absolute Gasteiger partial charge is 0.381 e. The van der Waals surface area contributed by atoms with Gasteiger partial charge in [0.1, 0.15) is 0 Å². The zero-order valence-electron chi connectivity index (χ0n) is 15.0. The van der Waals surface area contributed by atoms with Gasteiger partial charge in [0.15, 0.2) is 0 Å². The van der Waals surface area contributed by atoms with Gasteiger partial charge >= 0.3 is 0 Å². The van der Waals surface area contributed by atoms with Gasteiger partial charge in [-0.2, -0.15) is 0 Å². The van der Waals surface area contributed by atoms with Crippen molar-refractivity contribution in [2.75, 3.05) is 19.8 Å². The SMILES string of the molecule is O=C(CC1CC2CCC(C1)N2)NCC1(c2ccccc2)CCOCC1. The van der Waals surface area contributed by atoms with E-state index in [-0.39, 0.29) is 11.3 Å². The van der Waals surface area contributed by atoms with E-state index in [1.54, 1.807) is 0 Å². The molecular formula is C21H30N2O2. The Kier molecular flexibility index (Phi) is 5.09. The molecule has 3 heterocycles. The number of ether oxygens (including phenoxy) is 1. The summed E-state index contributed by atoms with van der Waals surface area (Å²) in [5.74, 6) is 0.786. The van der Waals surface area contributed by atoms with Crippen LogP contribution in [0.3, 0.4) is 0 Å². The molecule has 0 spiro atoms. The summed E-state index contributed by atoms with van der Waals surface area (Å²) < 4.78 is 5.59. The molecule has 0 saturated carbocycles. The molecule has 1 aromatic carbocycles. The van der Waals surface area contributed by atoms with Gasteiger partial charge in [-0.25, -0.2) is 0 Å². The summed E-state index contributed by atoms with van der Waals surface area (Å²) in [4.78, 5) is 12.6. The highest BCUT2D eigenvalue weighted by molar-refractivity contribution is 5.76. The molecule has 2 atom stereocenters. The first-order chi connectivity index (χ1) is 12.2. The Hall–Kier alpha value is -1.39. The van der Waals surface area contributed by atoms with Gasteiger partial charge in [0.25, 0.3) is 0 Å². The van der Waals surface area contributed by atoms with Gasteiger partial charge in [-0.1, -0.05) is 30.3 Å². The molecule has 2 unspecified atom stereocenters. The van der Waals surface area contributed by atoms with Crippen molar-refractivity contribution in [2.24, 2.45) is 5.92 Å². The molecule has 2 bridgehead atoms.